The van der Waals surface area contributed by atoms with Crippen molar-refractivity contribution in [2.24, 2.45) is 0 Å². The molecule has 0 aliphatic carbocycles. The van der Waals surface area contributed by atoms with Gasteiger partial charge in [0, 0.05) is 7.11 Å². The normalized spacial score (nSPS) is 14.3. The fraction of sp³-hybridized carbons (Fsp3) is 0.455. The van der Waals surface area contributed by atoms with Gasteiger partial charge in [-0.05, 0) is 0 Å². The third-order valence-corrected chi connectivity index (χ3v) is 2.71. The summed E-state index contributed by atoms with van der Waals surface area (Å²) in [7, 11) is 0.481. The Labute approximate surface area is 116 Å². The molecule has 1 atom stereocenters. The van der Waals surface area contributed by atoms with Gasteiger partial charge in [0.2, 0.25) is 5.82 Å². The number of benzene rings is 1. The summed E-state index contributed by atoms with van der Waals surface area (Å²) >= 11 is 0. The Kier molecular flexibility index (Phi) is 5.00. The Balaban J connectivity index is 3.40. The van der Waals surface area contributed by atoms with E-state index in [4.69, 9.17) is 0 Å². The van der Waals surface area contributed by atoms with Crippen molar-refractivity contribution in [3.8, 4) is 0 Å². The monoisotopic (exact) mass is 344 g/mol. The number of methoxy groups -OCH3 is 1. The molecule has 0 bridgehead atoms. The molecule has 0 spiro atoms. The second-order valence-electron chi connectivity index (χ2n) is 4.11. The number of halogens is 10. The number of hydrogen-bond acceptors (Lipinski definition) is 1. The van der Waals surface area contributed by atoms with Crippen molar-refractivity contribution in [1.29, 1.82) is 0 Å². The highest BCUT2D eigenvalue weighted by molar-refractivity contribution is 5.26. The molecule has 126 valence electrons. The van der Waals surface area contributed by atoms with Gasteiger partial charge in [-0.2, -0.15) is 22.0 Å². The minimum atomic E-state index is -6.09. The second-order valence-corrected chi connectivity index (χ2v) is 4.11. The van der Waals surface area contributed by atoms with Gasteiger partial charge < -0.3 is 4.74 Å². The number of hydrogen-bond donors (Lipinski definition) is 0. The first-order chi connectivity index (χ1) is 9.85. The fourth-order valence-corrected chi connectivity index (χ4v) is 1.56. The van der Waals surface area contributed by atoms with Crippen molar-refractivity contribution < 1.29 is 48.6 Å². The summed E-state index contributed by atoms with van der Waals surface area (Å²) in [5.41, 5.74) is -1.90. The first-order valence-corrected chi connectivity index (χ1v) is 5.33. The maximum absolute atomic E-state index is 13.4. The van der Waals surface area contributed by atoms with E-state index in [1.54, 1.807) is 0 Å². The third kappa shape index (κ3) is 3.13. The molecule has 0 radical (unpaired) electrons. The molecule has 1 aromatic carbocycles. The highest BCUT2D eigenvalue weighted by Crippen LogP contribution is 2.43. The van der Waals surface area contributed by atoms with Crippen LogP contribution in [0.15, 0.2) is 0 Å². The van der Waals surface area contributed by atoms with Crippen molar-refractivity contribution in [1.82, 2.24) is 0 Å². The molecule has 1 unspecified atom stereocenters. The first-order valence-electron chi connectivity index (χ1n) is 5.33. The molecule has 0 aliphatic rings. The lowest BCUT2D eigenvalue weighted by Crippen LogP contribution is -2.38. The van der Waals surface area contributed by atoms with Crippen LogP contribution in [0.2, 0.25) is 0 Å². The van der Waals surface area contributed by atoms with Crippen molar-refractivity contribution in [2.45, 2.75) is 24.6 Å². The summed E-state index contributed by atoms with van der Waals surface area (Å²) in [5, 5.41) is 0. The van der Waals surface area contributed by atoms with Gasteiger partial charge in [-0.1, -0.05) is 0 Å². The Morgan fingerprint density at radius 1 is 0.773 bits per heavy atom. The largest absolute Gasteiger partial charge is 0.453 e. The molecule has 0 saturated carbocycles. The van der Waals surface area contributed by atoms with Gasteiger partial charge >= 0.3 is 12.1 Å². The van der Waals surface area contributed by atoms with Crippen LogP contribution in [0.1, 0.15) is 18.1 Å². The van der Waals surface area contributed by atoms with Crippen LogP contribution in [-0.4, -0.2) is 19.2 Å². The number of rotatable bonds is 4. The molecule has 11 heteroatoms. The van der Waals surface area contributed by atoms with E-state index in [-0.39, 0.29) is 0 Å². The molecular weight excluding hydrogens is 338 g/mol. The van der Waals surface area contributed by atoms with Crippen LogP contribution in [-0.2, 0) is 4.74 Å². The van der Waals surface area contributed by atoms with Crippen molar-refractivity contribution in [2.75, 3.05) is 7.11 Å². The van der Waals surface area contributed by atoms with E-state index in [0.29, 0.717) is 7.11 Å². The van der Waals surface area contributed by atoms with Gasteiger partial charge in [-0.25, -0.2) is 22.0 Å². The Bertz CT molecular complexity index is 536. The van der Waals surface area contributed by atoms with E-state index in [1.165, 1.54) is 0 Å². The van der Waals surface area contributed by atoms with Crippen LogP contribution in [0, 0.1) is 29.1 Å². The zero-order valence-electron chi connectivity index (χ0n) is 10.5. The Morgan fingerprint density at radius 3 is 1.45 bits per heavy atom. The molecule has 0 aromatic heterocycles. The molecule has 0 amide bonds. The van der Waals surface area contributed by atoms with E-state index >= 15 is 0 Å². The predicted molar refractivity (Wildman–Crippen MR) is 51.6 cm³/mol. The molecule has 0 saturated heterocycles. The van der Waals surface area contributed by atoms with Crippen molar-refractivity contribution in [3.05, 3.63) is 34.6 Å². The summed E-state index contributed by atoms with van der Waals surface area (Å²) in [6, 6.07) is 0. The fourth-order valence-electron chi connectivity index (χ4n) is 1.56. The maximum Gasteiger partial charge on any atom is 0.453 e. The lowest BCUT2D eigenvalue weighted by Gasteiger charge is -2.25. The Morgan fingerprint density at radius 2 is 1.14 bits per heavy atom. The van der Waals surface area contributed by atoms with Crippen LogP contribution < -0.4 is 0 Å². The van der Waals surface area contributed by atoms with Gasteiger partial charge in [0.15, 0.2) is 23.3 Å². The minimum absolute atomic E-state index is 0.481. The van der Waals surface area contributed by atoms with Crippen LogP contribution >= 0.6 is 0 Å². The molecule has 1 rings (SSSR count). The van der Waals surface area contributed by atoms with E-state index < -0.39 is 59.3 Å². The quantitative estimate of drug-likeness (QED) is 0.439. The van der Waals surface area contributed by atoms with Crippen LogP contribution in [0.3, 0.4) is 0 Å². The lowest BCUT2D eigenvalue weighted by molar-refractivity contribution is -0.291. The topological polar surface area (TPSA) is 9.23 Å². The summed E-state index contributed by atoms with van der Waals surface area (Å²) < 4.78 is 131. The SMILES string of the molecule is COC(CC(F)(F)C(F)(F)F)c1c(F)c(F)c(F)c(F)c1F. The summed E-state index contributed by atoms with van der Waals surface area (Å²) in [6.07, 6.45) is -11.2. The smallest absolute Gasteiger partial charge is 0.376 e. The molecule has 0 fully saturated rings. The van der Waals surface area contributed by atoms with E-state index in [9.17, 15) is 43.9 Å². The van der Waals surface area contributed by atoms with Crippen LogP contribution in [0.5, 0.6) is 0 Å². The molecule has 1 nitrogen and oxygen atoms in total. The number of ether oxygens (including phenoxy) is 1. The highest BCUT2D eigenvalue weighted by Gasteiger charge is 2.58. The van der Waals surface area contributed by atoms with Crippen LogP contribution in [0.25, 0.3) is 0 Å². The second kappa shape index (κ2) is 5.94. The van der Waals surface area contributed by atoms with E-state index in [1.807, 2.05) is 0 Å². The molecule has 0 aliphatic heterocycles. The molecule has 0 N–H and O–H groups in total. The zero-order chi connectivity index (χ0) is 17.5. The standard InChI is InChI=1S/C11H6F10O/c1-22-3(2-10(17,18)11(19,20)21)4-5(12)7(14)9(16)8(15)6(4)13/h3H,2H2,1H3. The van der Waals surface area contributed by atoms with Gasteiger partial charge in [0.25, 0.3) is 0 Å². The zero-order valence-corrected chi connectivity index (χ0v) is 10.5. The van der Waals surface area contributed by atoms with Gasteiger partial charge in [-0.15, -0.1) is 0 Å². The highest BCUT2D eigenvalue weighted by atomic mass is 19.4. The van der Waals surface area contributed by atoms with Crippen molar-refractivity contribution in [3.63, 3.8) is 0 Å². The van der Waals surface area contributed by atoms with Crippen molar-refractivity contribution >= 4 is 0 Å². The average molecular weight is 344 g/mol. The Hall–Kier alpha value is -1.52. The summed E-state index contributed by atoms with van der Waals surface area (Å²) in [4.78, 5) is 0. The van der Waals surface area contributed by atoms with E-state index in [0.717, 1.165) is 0 Å². The van der Waals surface area contributed by atoms with Crippen LogP contribution in [0.4, 0.5) is 43.9 Å². The molecule has 0 heterocycles. The third-order valence-electron chi connectivity index (χ3n) is 2.71. The van der Waals surface area contributed by atoms with Gasteiger partial charge in [0.1, 0.15) is 0 Å². The van der Waals surface area contributed by atoms with E-state index in [2.05, 4.69) is 4.74 Å². The lowest BCUT2D eigenvalue weighted by atomic mass is 10.0. The first kappa shape index (κ1) is 18.5. The maximum atomic E-state index is 13.4. The molecular formula is C11H6F10O. The minimum Gasteiger partial charge on any atom is -0.376 e. The number of alkyl halides is 5. The summed E-state index contributed by atoms with van der Waals surface area (Å²) in [5.74, 6) is -18.1. The summed E-state index contributed by atoms with van der Waals surface area (Å²) in [6.45, 7) is 0. The average Bonchev–Trinajstić information content (AvgIpc) is 2.40. The van der Waals surface area contributed by atoms with Gasteiger partial charge in [0.05, 0.1) is 18.1 Å². The molecule has 22 heavy (non-hydrogen) atoms. The van der Waals surface area contributed by atoms with Gasteiger partial charge in [-0.3, -0.25) is 0 Å². The predicted octanol–water partition coefficient (Wildman–Crippen LogP) is 4.66. The molecule has 1 aromatic rings.